The lowest BCUT2D eigenvalue weighted by molar-refractivity contribution is -0.123. The Kier molecular flexibility index (Phi) is 4.96. The summed E-state index contributed by atoms with van der Waals surface area (Å²) in [6, 6.07) is 18.1. The summed E-state index contributed by atoms with van der Waals surface area (Å²) >= 11 is 0. The maximum Gasteiger partial charge on any atom is 0.227 e. The molecule has 3 nitrogen and oxygen atoms in total. The van der Waals surface area contributed by atoms with Crippen LogP contribution in [0.1, 0.15) is 29.9 Å². The molecule has 2 aromatic carbocycles. The second kappa shape index (κ2) is 7.32. The Morgan fingerprint density at radius 2 is 1.83 bits per heavy atom. The molecule has 0 spiro atoms. The maximum atomic E-state index is 12.6. The molecule has 1 fully saturated rings. The van der Waals surface area contributed by atoms with Crippen molar-refractivity contribution in [1.82, 2.24) is 5.32 Å². The number of methoxy groups -OCH3 is 1. The summed E-state index contributed by atoms with van der Waals surface area (Å²) in [6.07, 6.45) is 3.15. The average Bonchev–Trinajstić information content (AvgIpc) is 3.41. The van der Waals surface area contributed by atoms with Gasteiger partial charge in [-0.15, -0.1) is 0 Å². The van der Waals surface area contributed by atoms with E-state index < -0.39 is 0 Å². The molecule has 1 aliphatic carbocycles. The van der Waals surface area contributed by atoms with Crippen molar-refractivity contribution in [3.8, 4) is 5.75 Å². The Morgan fingerprint density at radius 3 is 2.43 bits per heavy atom. The van der Waals surface area contributed by atoms with Gasteiger partial charge in [-0.2, -0.15) is 0 Å². The van der Waals surface area contributed by atoms with Crippen LogP contribution in [0.2, 0.25) is 0 Å². The topological polar surface area (TPSA) is 38.3 Å². The summed E-state index contributed by atoms with van der Waals surface area (Å²) in [5.74, 6) is 1.54. The van der Waals surface area contributed by atoms with Crippen LogP contribution in [0.3, 0.4) is 0 Å². The third kappa shape index (κ3) is 4.13. The zero-order chi connectivity index (χ0) is 16.1. The molecule has 1 unspecified atom stereocenters. The van der Waals surface area contributed by atoms with E-state index in [1.165, 1.54) is 5.56 Å². The highest BCUT2D eigenvalue weighted by atomic mass is 16.5. The molecular formula is C20H23NO2. The molecule has 1 saturated carbocycles. The summed E-state index contributed by atoms with van der Waals surface area (Å²) in [4.78, 5) is 12.6. The van der Waals surface area contributed by atoms with Gasteiger partial charge in [-0.3, -0.25) is 4.79 Å². The van der Waals surface area contributed by atoms with E-state index >= 15 is 0 Å². The molecular weight excluding hydrogens is 286 g/mol. The van der Waals surface area contributed by atoms with Crippen LogP contribution in [0.15, 0.2) is 54.6 Å². The molecule has 0 aliphatic heterocycles. The summed E-state index contributed by atoms with van der Waals surface area (Å²) in [5.41, 5.74) is 2.34. The highest BCUT2D eigenvalue weighted by Gasteiger charge is 2.36. The minimum Gasteiger partial charge on any atom is -0.497 e. The van der Waals surface area contributed by atoms with Gasteiger partial charge in [0.1, 0.15) is 5.75 Å². The fourth-order valence-corrected chi connectivity index (χ4v) is 2.96. The summed E-state index contributed by atoms with van der Waals surface area (Å²) in [6.45, 7) is 0.668. The molecule has 0 saturated heterocycles. The Morgan fingerprint density at radius 1 is 1.13 bits per heavy atom. The third-order valence-electron chi connectivity index (χ3n) is 4.41. The van der Waals surface area contributed by atoms with E-state index in [1.54, 1.807) is 7.11 Å². The number of rotatable bonds is 7. The molecule has 3 rings (SSSR count). The molecule has 0 radical (unpaired) electrons. The van der Waals surface area contributed by atoms with Crippen LogP contribution in [-0.4, -0.2) is 19.6 Å². The normalized spacial score (nSPS) is 15.0. The first-order valence-electron chi connectivity index (χ1n) is 8.23. The van der Waals surface area contributed by atoms with Gasteiger partial charge in [0.2, 0.25) is 5.91 Å². The van der Waals surface area contributed by atoms with Gasteiger partial charge in [-0.05, 0) is 48.4 Å². The third-order valence-corrected chi connectivity index (χ3v) is 4.41. The van der Waals surface area contributed by atoms with Crippen molar-refractivity contribution < 1.29 is 9.53 Å². The number of ether oxygens (including phenoxy) is 1. The second-order valence-electron chi connectivity index (χ2n) is 6.11. The van der Waals surface area contributed by atoms with E-state index in [0.29, 0.717) is 12.5 Å². The van der Waals surface area contributed by atoms with Gasteiger partial charge in [0.05, 0.1) is 13.0 Å². The Bertz CT molecular complexity index is 632. The van der Waals surface area contributed by atoms with Gasteiger partial charge in [-0.1, -0.05) is 42.5 Å². The van der Waals surface area contributed by atoms with Gasteiger partial charge >= 0.3 is 0 Å². The zero-order valence-electron chi connectivity index (χ0n) is 13.5. The van der Waals surface area contributed by atoms with E-state index in [-0.39, 0.29) is 11.8 Å². The molecule has 0 bridgehead atoms. The number of benzene rings is 2. The van der Waals surface area contributed by atoms with Crippen LogP contribution in [0.4, 0.5) is 0 Å². The van der Waals surface area contributed by atoms with Crippen LogP contribution in [0.25, 0.3) is 0 Å². The summed E-state index contributed by atoms with van der Waals surface area (Å²) < 4.78 is 5.16. The van der Waals surface area contributed by atoms with Crippen LogP contribution in [0, 0.1) is 5.92 Å². The lowest BCUT2D eigenvalue weighted by atomic mass is 9.93. The quantitative estimate of drug-likeness (QED) is 0.849. The fraction of sp³-hybridized carbons (Fsp3) is 0.350. The predicted octanol–water partition coefficient (Wildman–Crippen LogP) is 3.55. The zero-order valence-corrected chi connectivity index (χ0v) is 13.5. The highest BCUT2D eigenvalue weighted by molar-refractivity contribution is 5.84. The molecule has 1 N–H and O–H groups in total. The fourth-order valence-electron chi connectivity index (χ4n) is 2.96. The predicted molar refractivity (Wildman–Crippen MR) is 91.6 cm³/mol. The van der Waals surface area contributed by atoms with E-state index in [1.807, 2.05) is 42.5 Å². The summed E-state index contributed by atoms with van der Waals surface area (Å²) in [7, 11) is 1.66. The summed E-state index contributed by atoms with van der Waals surface area (Å²) in [5, 5.41) is 3.11. The molecule has 0 heterocycles. The van der Waals surface area contributed by atoms with Crippen molar-refractivity contribution >= 4 is 5.91 Å². The van der Waals surface area contributed by atoms with Crippen molar-refractivity contribution in [2.45, 2.75) is 25.2 Å². The molecule has 2 aromatic rings. The standard InChI is InChI=1S/C20H23NO2/c1-23-18-11-7-15(8-12-18)13-14-21-20(22)19(17-9-10-17)16-5-3-2-4-6-16/h2-8,11-12,17,19H,9-10,13-14H2,1H3,(H,21,22). The Balaban J connectivity index is 1.55. The maximum absolute atomic E-state index is 12.6. The van der Waals surface area contributed by atoms with Crippen molar-refractivity contribution in [1.29, 1.82) is 0 Å². The van der Waals surface area contributed by atoms with Crippen molar-refractivity contribution in [3.05, 3.63) is 65.7 Å². The Hall–Kier alpha value is -2.29. The molecule has 120 valence electrons. The largest absolute Gasteiger partial charge is 0.497 e. The molecule has 1 atom stereocenters. The van der Waals surface area contributed by atoms with Crippen LogP contribution in [-0.2, 0) is 11.2 Å². The molecule has 3 heteroatoms. The van der Waals surface area contributed by atoms with Crippen molar-refractivity contribution in [2.24, 2.45) is 5.92 Å². The SMILES string of the molecule is COc1ccc(CCNC(=O)C(c2ccccc2)C2CC2)cc1. The van der Waals surface area contributed by atoms with Crippen molar-refractivity contribution in [3.63, 3.8) is 0 Å². The van der Waals surface area contributed by atoms with Gasteiger partial charge in [0.25, 0.3) is 0 Å². The minimum atomic E-state index is 0.00654. The minimum absolute atomic E-state index is 0.00654. The second-order valence-corrected chi connectivity index (χ2v) is 6.11. The first kappa shape index (κ1) is 15.6. The lowest BCUT2D eigenvalue weighted by Crippen LogP contribution is -2.32. The smallest absolute Gasteiger partial charge is 0.227 e. The monoisotopic (exact) mass is 309 g/mol. The number of hydrogen-bond acceptors (Lipinski definition) is 2. The van der Waals surface area contributed by atoms with E-state index in [9.17, 15) is 4.79 Å². The van der Waals surface area contributed by atoms with Gasteiger partial charge in [0, 0.05) is 6.54 Å². The van der Waals surface area contributed by atoms with E-state index in [0.717, 1.165) is 30.6 Å². The van der Waals surface area contributed by atoms with Gasteiger partial charge < -0.3 is 10.1 Å². The number of hydrogen-bond donors (Lipinski definition) is 1. The van der Waals surface area contributed by atoms with Gasteiger partial charge in [-0.25, -0.2) is 0 Å². The van der Waals surface area contributed by atoms with E-state index in [2.05, 4.69) is 17.4 Å². The molecule has 23 heavy (non-hydrogen) atoms. The Labute approximate surface area is 137 Å². The van der Waals surface area contributed by atoms with Crippen LogP contribution >= 0.6 is 0 Å². The van der Waals surface area contributed by atoms with Crippen molar-refractivity contribution in [2.75, 3.05) is 13.7 Å². The average molecular weight is 309 g/mol. The lowest BCUT2D eigenvalue weighted by Gasteiger charge is -2.16. The number of nitrogens with one attached hydrogen (secondary N) is 1. The van der Waals surface area contributed by atoms with Gasteiger partial charge in [0.15, 0.2) is 0 Å². The van der Waals surface area contributed by atoms with Crippen LogP contribution in [0.5, 0.6) is 5.75 Å². The highest BCUT2D eigenvalue weighted by Crippen LogP contribution is 2.42. The molecule has 1 amide bonds. The number of amides is 1. The molecule has 1 aliphatic rings. The van der Waals surface area contributed by atoms with E-state index in [4.69, 9.17) is 4.74 Å². The first-order chi connectivity index (χ1) is 11.3. The van der Waals surface area contributed by atoms with Crippen LogP contribution < -0.4 is 10.1 Å². The molecule has 0 aromatic heterocycles. The number of carbonyl (C=O) groups is 1. The first-order valence-corrected chi connectivity index (χ1v) is 8.23. The number of carbonyl (C=O) groups excluding carboxylic acids is 1.